The number of nitrogens with zero attached hydrogens (tertiary/aromatic N) is 2. The zero-order chi connectivity index (χ0) is 15.0. The van der Waals surface area contributed by atoms with Crippen molar-refractivity contribution in [3.8, 4) is 6.07 Å². The predicted molar refractivity (Wildman–Crippen MR) is 80.7 cm³/mol. The Morgan fingerprint density at radius 1 is 1.50 bits per heavy atom. The van der Waals surface area contributed by atoms with Gasteiger partial charge in [0, 0.05) is 6.07 Å². The molecule has 0 heterocycles. The van der Waals surface area contributed by atoms with Gasteiger partial charge in [0.25, 0.3) is 5.69 Å². The molecule has 0 amide bonds. The zero-order valence-electron chi connectivity index (χ0n) is 11.8. The van der Waals surface area contributed by atoms with Gasteiger partial charge in [0.2, 0.25) is 0 Å². The molecular weight excluding hydrogens is 274 g/mol. The highest BCUT2D eigenvalue weighted by molar-refractivity contribution is 7.99. The monoisotopic (exact) mass is 293 g/mol. The SMILES string of the molecule is CCC(C#N)(CCCSc1ccccc1[N+](=O)[O-])NC. The lowest BCUT2D eigenvalue weighted by Crippen LogP contribution is -2.40. The summed E-state index contributed by atoms with van der Waals surface area (Å²) >= 11 is 1.47. The molecule has 1 unspecified atom stereocenters. The summed E-state index contributed by atoms with van der Waals surface area (Å²) in [5.74, 6) is 0.760. The molecule has 1 N–H and O–H groups in total. The maximum absolute atomic E-state index is 10.9. The molecule has 1 aromatic rings. The Hall–Kier alpha value is -1.58. The van der Waals surface area contributed by atoms with Gasteiger partial charge in [-0.25, -0.2) is 0 Å². The molecule has 20 heavy (non-hydrogen) atoms. The van der Waals surface area contributed by atoms with E-state index in [1.165, 1.54) is 17.8 Å². The van der Waals surface area contributed by atoms with Crippen LogP contribution in [0.4, 0.5) is 5.69 Å². The van der Waals surface area contributed by atoms with E-state index in [1.54, 1.807) is 25.2 Å². The summed E-state index contributed by atoms with van der Waals surface area (Å²) in [5, 5.41) is 23.2. The number of nitro groups is 1. The summed E-state index contributed by atoms with van der Waals surface area (Å²) in [7, 11) is 1.79. The van der Waals surface area contributed by atoms with Gasteiger partial charge in [-0.1, -0.05) is 19.1 Å². The van der Waals surface area contributed by atoms with Crippen LogP contribution in [0.15, 0.2) is 29.2 Å². The Kier molecular flexibility index (Phi) is 6.49. The van der Waals surface area contributed by atoms with Crippen molar-refractivity contribution < 1.29 is 4.92 Å². The van der Waals surface area contributed by atoms with Gasteiger partial charge in [0.1, 0.15) is 5.54 Å². The number of para-hydroxylation sites is 1. The van der Waals surface area contributed by atoms with Gasteiger partial charge in [-0.15, -0.1) is 11.8 Å². The molecule has 1 rings (SSSR count). The standard InChI is InChI=1S/C14H19N3O2S/c1-3-14(11-15,16-2)9-6-10-20-13-8-5-4-7-12(13)17(18)19/h4-5,7-8,16H,3,6,9-10H2,1-2H3. The Balaban J connectivity index is 2.54. The fraction of sp³-hybridized carbons (Fsp3) is 0.500. The van der Waals surface area contributed by atoms with Gasteiger partial charge in [-0.3, -0.25) is 10.1 Å². The smallest absolute Gasteiger partial charge is 0.282 e. The fourth-order valence-electron chi connectivity index (χ4n) is 1.96. The van der Waals surface area contributed by atoms with E-state index in [0.29, 0.717) is 4.90 Å². The van der Waals surface area contributed by atoms with E-state index in [4.69, 9.17) is 0 Å². The van der Waals surface area contributed by atoms with Crippen LogP contribution in [0.25, 0.3) is 0 Å². The zero-order valence-corrected chi connectivity index (χ0v) is 12.6. The van der Waals surface area contributed by atoms with Crippen molar-refractivity contribution in [2.75, 3.05) is 12.8 Å². The summed E-state index contributed by atoms with van der Waals surface area (Å²) in [5.41, 5.74) is -0.337. The number of hydrogen-bond acceptors (Lipinski definition) is 5. The second-order valence-corrected chi connectivity index (χ2v) is 5.61. The highest BCUT2D eigenvalue weighted by Gasteiger charge is 2.24. The van der Waals surface area contributed by atoms with E-state index in [-0.39, 0.29) is 10.6 Å². The van der Waals surface area contributed by atoms with E-state index < -0.39 is 5.54 Å². The number of nitrogens with one attached hydrogen (secondary N) is 1. The Morgan fingerprint density at radius 2 is 2.20 bits per heavy atom. The first kappa shape index (κ1) is 16.5. The third-order valence-electron chi connectivity index (χ3n) is 3.36. The lowest BCUT2D eigenvalue weighted by molar-refractivity contribution is -0.387. The van der Waals surface area contributed by atoms with Crippen molar-refractivity contribution in [2.24, 2.45) is 0 Å². The summed E-state index contributed by atoms with van der Waals surface area (Å²) in [4.78, 5) is 11.2. The maximum atomic E-state index is 10.9. The molecule has 1 aromatic carbocycles. The summed E-state index contributed by atoms with van der Waals surface area (Å²) in [6, 6.07) is 9.06. The number of nitriles is 1. The van der Waals surface area contributed by atoms with Crippen LogP contribution in [0.2, 0.25) is 0 Å². The van der Waals surface area contributed by atoms with E-state index in [1.807, 2.05) is 6.92 Å². The Bertz CT molecular complexity index is 495. The van der Waals surface area contributed by atoms with Crippen molar-refractivity contribution in [2.45, 2.75) is 36.6 Å². The lowest BCUT2D eigenvalue weighted by Gasteiger charge is -2.24. The largest absolute Gasteiger partial charge is 0.302 e. The molecule has 0 aromatic heterocycles. The third-order valence-corrected chi connectivity index (χ3v) is 4.51. The maximum Gasteiger partial charge on any atom is 0.282 e. The Morgan fingerprint density at radius 3 is 2.75 bits per heavy atom. The van der Waals surface area contributed by atoms with Crippen LogP contribution in [0.5, 0.6) is 0 Å². The van der Waals surface area contributed by atoms with Crippen LogP contribution in [-0.4, -0.2) is 23.3 Å². The van der Waals surface area contributed by atoms with Gasteiger partial charge in [-0.2, -0.15) is 5.26 Å². The van der Waals surface area contributed by atoms with Crippen LogP contribution in [0.3, 0.4) is 0 Å². The molecule has 0 aliphatic rings. The average molecular weight is 293 g/mol. The first-order valence-corrected chi connectivity index (χ1v) is 7.53. The summed E-state index contributed by atoms with van der Waals surface area (Å²) in [6.45, 7) is 1.98. The number of benzene rings is 1. The van der Waals surface area contributed by atoms with Crippen LogP contribution < -0.4 is 5.32 Å². The van der Waals surface area contributed by atoms with Gasteiger partial charge in [-0.05, 0) is 38.1 Å². The number of thioether (sulfide) groups is 1. The minimum atomic E-state index is -0.483. The third kappa shape index (κ3) is 4.22. The average Bonchev–Trinajstić information content (AvgIpc) is 2.48. The first-order valence-electron chi connectivity index (χ1n) is 6.55. The van der Waals surface area contributed by atoms with E-state index in [2.05, 4.69) is 11.4 Å². The number of hydrogen-bond donors (Lipinski definition) is 1. The summed E-state index contributed by atoms with van der Waals surface area (Å²) in [6.07, 6.45) is 2.32. The minimum Gasteiger partial charge on any atom is -0.302 e. The van der Waals surface area contributed by atoms with Crippen LogP contribution in [0.1, 0.15) is 26.2 Å². The van der Waals surface area contributed by atoms with E-state index in [0.717, 1.165) is 25.0 Å². The lowest BCUT2D eigenvalue weighted by atomic mass is 9.93. The molecule has 0 aliphatic carbocycles. The topological polar surface area (TPSA) is 79.0 Å². The molecule has 108 valence electrons. The molecule has 0 fully saturated rings. The van der Waals surface area contributed by atoms with Gasteiger partial charge >= 0.3 is 0 Å². The molecule has 0 saturated carbocycles. The highest BCUT2D eigenvalue weighted by atomic mass is 32.2. The van der Waals surface area contributed by atoms with Crippen molar-refractivity contribution in [3.63, 3.8) is 0 Å². The van der Waals surface area contributed by atoms with Crippen LogP contribution in [-0.2, 0) is 0 Å². The molecule has 0 aliphatic heterocycles. The van der Waals surface area contributed by atoms with Crippen molar-refractivity contribution in [1.82, 2.24) is 5.32 Å². The van der Waals surface area contributed by atoms with Crippen LogP contribution in [0, 0.1) is 21.4 Å². The second-order valence-electron chi connectivity index (χ2n) is 4.47. The van der Waals surface area contributed by atoms with Crippen LogP contribution >= 0.6 is 11.8 Å². The molecule has 5 nitrogen and oxygen atoms in total. The molecule has 0 spiro atoms. The van der Waals surface area contributed by atoms with Crippen molar-refractivity contribution >= 4 is 17.4 Å². The fourth-order valence-corrected chi connectivity index (χ4v) is 2.93. The normalized spacial score (nSPS) is 13.4. The highest BCUT2D eigenvalue weighted by Crippen LogP contribution is 2.30. The van der Waals surface area contributed by atoms with E-state index >= 15 is 0 Å². The predicted octanol–water partition coefficient (Wildman–Crippen LogP) is 3.36. The molecule has 0 bridgehead atoms. The summed E-state index contributed by atoms with van der Waals surface area (Å²) < 4.78 is 0. The number of rotatable bonds is 8. The second kappa shape index (κ2) is 7.88. The first-order chi connectivity index (χ1) is 9.58. The molecule has 0 radical (unpaired) electrons. The van der Waals surface area contributed by atoms with Crippen molar-refractivity contribution in [3.05, 3.63) is 34.4 Å². The molecule has 6 heteroatoms. The quantitative estimate of drug-likeness (QED) is 0.344. The van der Waals surface area contributed by atoms with Gasteiger partial charge in [0.15, 0.2) is 0 Å². The molecule has 1 atom stereocenters. The van der Waals surface area contributed by atoms with E-state index in [9.17, 15) is 15.4 Å². The van der Waals surface area contributed by atoms with Gasteiger partial charge in [0.05, 0.1) is 15.9 Å². The van der Waals surface area contributed by atoms with Crippen molar-refractivity contribution in [1.29, 1.82) is 5.26 Å². The Labute approximate surface area is 123 Å². The molecular formula is C14H19N3O2S. The molecule has 0 saturated heterocycles. The van der Waals surface area contributed by atoms with Gasteiger partial charge < -0.3 is 5.32 Å². The minimum absolute atomic E-state index is 0.146. The number of nitro benzene ring substituents is 1.